The van der Waals surface area contributed by atoms with Gasteiger partial charge in [0.1, 0.15) is 11.3 Å². The van der Waals surface area contributed by atoms with Gasteiger partial charge in [0.25, 0.3) is 5.91 Å². The molecule has 162 valence electrons. The van der Waals surface area contributed by atoms with Gasteiger partial charge < -0.3 is 20.4 Å². The minimum atomic E-state index is -0.437. The zero-order valence-corrected chi connectivity index (χ0v) is 18.0. The summed E-state index contributed by atoms with van der Waals surface area (Å²) in [4.78, 5) is 35.6. The molecule has 8 heteroatoms. The first-order chi connectivity index (χ1) is 15.4. The number of benzene rings is 1. The van der Waals surface area contributed by atoms with Crippen LogP contribution in [0.25, 0.3) is 11.0 Å². The van der Waals surface area contributed by atoms with Crippen LogP contribution in [0.3, 0.4) is 0 Å². The lowest BCUT2D eigenvalue weighted by Gasteiger charge is -2.12. The number of aromatic nitrogens is 3. The molecule has 0 aliphatic carbocycles. The van der Waals surface area contributed by atoms with Crippen molar-refractivity contribution in [1.29, 1.82) is 0 Å². The van der Waals surface area contributed by atoms with E-state index in [1.165, 1.54) is 7.11 Å². The molecule has 3 aromatic heterocycles. The molecule has 0 aliphatic rings. The van der Waals surface area contributed by atoms with Crippen molar-refractivity contribution in [3.05, 3.63) is 82.9 Å². The van der Waals surface area contributed by atoms with E-state index in [0.717, 1.165) is 27.8 Å². The smallest absolute Gasteiger partial charge is 0.354 e. The first-order valence-electron chi connectivity index (χ1n) is 10.1. The third-order valence-corrected chi connectivity index (χ3v) is 5.10. The lowest BCUT2D eigenvalue weighted by Crippen LogP contribution is -2.13. The Balaban J connectivity index is 1.47. The molecule has 0 saturated carbocycles. The Morgan fingerprint density at radius 1 is 1.03 bits per heavy atom. The zero-order valence-electron chi connectivity index (χ0n) is 18.0. The standard InChI is InChI=1S/C24H23N5O3/c1-14-6-18(11-25-10-14)23(30)28-19-5-4-15(2)17(8-19)12-26-20-7-16-9-21(24(31)32-3)29-22(16)27-13-20/h4-11,13,26H,12H2,1-3H3,(H,27,29)(H,28,30). The van der Waals surface area contributed by atoms with Gasteiger partial charge in [0.2, 0.25) is 0 Å². The van der Waals surface area contributed by atoms with E-state index in [4.69, 9.17) is 4.74 Å². The van der Waals surface area contributed by atoms with E-state index >= 15 is 0 Å². The summed E-state index contributed by atoms with van der Waals surface area (Å²) in [5.74, 6) is -0.638. The fraction of sp³-hybridized carbons (Fsp3) is 0.167. The molecule has 0 atom stereocenters. The minimum Gasteiger partial charge on any atom is -0.464 e. The van der Waals surface area contributed by atoms with Crippen molar-refractivity contribution >= 4 is 34.3 Å². The summed E-state index contributed by atoms with van der Waals surface area (Å²) in [6, 6.07) is 11.2. The van der Waals surface area contributed by atoms with E-state index in [9.17, 15) is 9.59 Å². The first-order valence-corrected chi connectivity index (χ1v) is 10.1. The summed E-state index contributed by atoms with van der Waals surface area (Å²) in [6.45, 7) is 4.46. The number of nitrogens with one attached hydrogen (secondary N) is 3. The van der Waals surface area contributed by atoms with Crippen molar-refractivity contribution in [3.8, 4) is 0 Å². The molecule has 0 bridgehead atoms. The van der Waals surface area contributed by atoms with Crippen LogP contribution in [-0.4, -0.2) is 33.9 Å². The summed E-state index contributed by atoms with van der Waals surface area (Å²) in [6.07, 6.45) is 4.96. The molecule has 32 heavy (non-hydrogen) atoms. The number of rotatable bonds is 6. The van der Waals surface area contributed by atoms with Crippen LogP contribution in [0.5, 0.6) is 0 Å². The number of aryl methyl sites for hydroxylation is 2. The Morgan fingerprint density at radius 2 is 1.88 bits per heavy atom. The van der Waals surface area contributed by atoms with Gasteiger partial charge in [-0.2, -0.15) is 0 Å². The van der Waals surface area contributed by atoms with Crippen molar-refractivity contribution in [2.45, 2.75) is 20.4 Å². The molecular weight excluding hydrogens is 406 g/mol. The number of fused-ring (bicyclic) bond motifs is 1. The predicted octanol–water partition coefficient (Wildman–Crippen LogP) is 4.23. The van der Waals surface area contributed by atoms with E-state index < -0.39 is 5.97 Å². The monoisotopic (exact) mass is 429 g/mol. The van der Waals surface area contributed by atoms with Crippen LogP contribution in [0.1, 0.15) is 37.5 Å². The number of hydrogen-bond donors (Lipinski definition) is 3. The van der Waals surface area contributed by atoms with E-state index in [2.05, 4.69) is 25.6 Å². The molecule has 0 saturated heterocycles. The summed E-state index contributed by atoms with van der Waals surface area (Å²) < 4.78 is 4.74. The second-order valence-corrected chi connectivity index (χ2v) is 7.54. The molecular formula is C24H23N5O3. The highest BCUT2D eigenvalue weighted by Crippen LogP contribution is 2.21. The topological polar surface area (TPSA) is 109 Å². The Labute approximate surface area is 185 Å². The number of nitrogens with zero attached hydrogens (tertiary/aromatic N) is 2. The molecule has 0 unspecified atom stereocenters. The number of ether oxygens (including phenoxy) is 1. The van der Waals surface area contributed by atoms with Crippen molar-refractivity contribution < 1.29 is 14.3 Å². The van der Waals surface area contributed by atoms with Crippen LogP contribution in [0.15, 0.2) is 55.0 Å². The Morgan fingerprint density at radius 3 is 2.66 bits per heavy atom. The van der Waals surface area contributed by atoms with Crippen molar-refractivity contribution in [3.63, 3.8) is 0 Å². The molecule has 0 aliphatic heterocycles. The Bertz CT molecular complexity index is 1310. The number of H-pyrrole nitrogens is 1. The summed E-state index contributed by atoms with van der Waals surface area (Å²) in [5, 5.41) is 7.08. The van der Waals surface area contributed by atoms with Gasteiger partial charge in [-0.3, -0.25) is 9.78 Å². The fourth-order valence-electron chi connectivity index (χ4n) is 3.35. The maximum atomic E-state index is 12.5. The Kier molecular flexibility index (Phi) is 5.85. The summed E-state index contributed by atoms with van der Waals surface area (Å²) >= 11 is 0. The van der Waals surface area contributed by atoms with Gasteiger partial charge in [0.15, 0.2) is 0 Å². The van der Waals surface area contributed by atoms with Gasteiger partial charge in [-0.05, 0) is 60.9 Å². The van der Waals surface area contributed by atoms with Crippen LogP contribution >= 0.6 is 0 Å². The second-order valence-electron chi connectivity index (χ2n) is 7.54. The highest BCUT2D eigenvalue weighted by molar-refractivity contribution is 6.04. The number of methoxy groups -OCH3 is 1. The number of anilines is 2. The molecule has 4 rings (SSSR count). The van der Waals surface area contributed by atoms with Gasteiger partial charge in [0.05, 0.1) is 24.6 Å². The number of esters is 1. The van der Waals surface area contributed by atoms with Crippen molar-refractivity contribution in [2.75, 3.05) is 17.7 Å². The first kappa shape index (κ1) is 21.0. The maximum Gasteiger partial charge on any atom is 0.354 e. The van der Waals surface area contributed by atoms with Crippen LogP contribution in [0, 0.1) is 13.8 Å². The van der Waals surface area contributed by atoms with Crippen LogP contribution in [0.4, 0.5) is 11.4 Å². The number of pyridine rings is 2. The van der Waals surface area contributed by atoms with E-state index in [1.54, 1.807) is 30.7 Å². The molecule has 0 fully saturated rings. The lowest BCUT2D eigenvalue weighted by atomic mass is 10.1. The van der Waals surface area contributed by atoms with Gasteiger partial charge in [-0.25, -0.2) is 9.78 Å². The van der Waals surface area contributed by atoms with Crippen LogP contribution in [0.2, 0.25) is 0 Å². The predicted molar refractivity (Wildman–Crippen MR) is 123 cm³/mol. The van der Waals surface area contributed by atoms with Crippen LogP contribution < -0.4 is 10.6 Å². The fourth-order valence-corrected chi connectivity index (χ4v) is 3.35. The third-order valence-electron chi connectivity index (χ3n) is 5.10. The van der Waals surface area contributed by atoms with Crippen molar-refractivity contribution in [2.24, 2.45) is 0 Å². The molecule has 1 aromatic carbocycles. The quantitative estimate of drug-likeness (QED) is 0.396. The zero-order chi connectivity index (χ0) is 22.7. The largest absolute Gasteiger partial charge is 0.464 e. The van der Waals surface area contributed by atoms with E-state index in [0.29, 0.717) is 29.1 Å². The number of aromatic amines is 1. The van der Waals surface area contributed by atoms with Gasteiger partial charge in [0, 0.05) is 30.0 Å². The highest BCUT2D eigenvalue weighted by atomic mass is 16.5. The van der Waals surface area contributed by atoms with Crippen LogP contribution in [-0.2, 0) is 11.3 Å². The molecule has 0 radical (unpaired) electrons. The molecule has 3 heterocycles. The number of amides is 1. The van der Waals surface area contributed by atoms with Crippen molar-refractivity contribution in [1.82, 2.24) is 15.0 Å². The normalized spacial score (nSPS) is 10.7. The third kappa shape index (κ3) is 4.59. The lowest BCUT2D eigenvalue weighted by molar-refractivity contribution is 0.0595. The molecule has 3 N–H and O–H groups in total. The van der Waals surface area contributed by atoms with Gasteiger partial charge in [-0.15, -0.1) is 0 Å². The number of carbonyl (C=O) groups excluding carboxylic acids is 2. The molecule has 4 aromatic rings. The van der Waals surface area contributed by atoms with Gasteiger partial charge >= 0.3 is 5.97 Å². The average Bonchev–Trinajstić information content (AvgIpc) is 3.22. The Hall–Kier alpha value is -4.20. The second kappa shape index (κ2) is 8.89. The number of carbonyl (C=O) groups is 2. The molecule has 1 amide bonds. The molecule has 0 spiro atoms. The summed E-state index contributed by atoms with van der Waals surface area (Å²) in [7, 11) is 1.34. The van der Waals surface area contributed by atoms with Gasteiger partial charge in [-0.1, -0.05) is 6.07 Å². The number of hydrogen-bond acceptors (Lipinski definition) is 6. The summed E-state index contributed by atoms with van der Waals surface area (Å²) in [5.41, 5.74) is 6.07. The average molecular weight is 429 g/mol. The van der Waals surface area contributed by atoms with E-state index in [1.807, 2.05) is 38.1 Å². The minimum absolute atomic E-state index is 0.201. The maximum absolute atomic E-state index is 12.5. The van der Waals surface area contributed by atoms with E-state index in [-0.39, 0.29) is 5.91 Å². The molecule has 8 nitrogen and oxygen atoms in total. The SMILES string of the molecule is COC(=O)c1cc2cc(NCc3cc(NC(=O)c4cncc(C)c4)ccc3C)cnc2[nH]1. The highest BCUT2D eigenvalue weighted by Gasteiger charge is 2.11.